The van der Waals surface area contributed by atoms with Crippen molar-refractivity contribution < 1.29 is 4.79 Å². The predicted molar refractivity (Wildman–Crippen MR) is 90.7 cm³/mol. The zero-order valence-corrected chi connectivity index (χ0v) is 13.7. The van der Waals surface area contributed by atoms with Crippen LogP contribution in [0.15, 0.2) is 36.5 Å². The van der Waals surface area contributed by atoms with Crippen molar-refractivity contribution in [2.24, 2.45) is 0 Å². The van der Waals surface area contributed by atoms with E-state index in [0.29, 0.717) is 18.8 Å². The van der Waals surface area contributed by atoms with E-state index in [0.717, 1.165) is 11.4 Å². The lowest BCUT2D eigenvalue weighted by Crippen LogP contribution is -2.31. The molecule has 0 bridgehead atoms. The Morgan fingerprint density at radius 1 is 1.14 bits per heavy atom. The molecule has 0 spiro atoms. The third kappa shape index (κ3) is 3.64. The molecule has 1 aromatic carbocycles. The largest absolute Gasteiger partial charge is 0.354 e. The first-order valence-corrected chi connectivity index (χ1v) is 7.64. The summed E-state index contributed by atoms with van der Waals surface area (Å²) in [5, 5.41) is 3.34. The van der Waals surface area contributed by atoms with Crippen LogP contribution in [0.4, 0.5) is 11.4 Å². The molecule has 22 heavy (non-hydrogen) atoms. The number of carbonyl (C=O) groups excluding carboxylic acids is 1. The van der Waals surface area contributed by atoms with Crippen molar-refractivity contribution in [3.8, 4) is 0 Å². The minimum absolute atomic E-state index is 0.0249. The summed E-state index contributed by atoms with van der Waals surface area (Å²) in [4.78, 5) is 18.3. The number of benzene rings is 1. The molecule has 1 amide bonds. The molecule has 116 valence electrons. The van der Waals surface area contributed by atoms with Gasteiger partial charge in [-0.1, -0.05) is 17.7 Å². The van der Waals surface area contributed by atoms with Gasteiger partial charge in [0.2, 0.25) is 0 Å². The third-order valence-electron chi connectivity index (χ3n) is 3.69. The van der Waals surface area contributed by atoms with Crippen LogP contribution in [-0.4, -0.2) is 28.9 Å². The molecule has 0 aliphatic carbocycles. The lowest BCUT2D eigenvalue weighted by molar-refractivity contribution is 0.0767. The monoisotopic (exact) mass is 297 g/mol. The van der Waals surface area contributed by atoms with Crippen LogP contribution in [0.25, 0.3) is 0 Å². The molecule has 1 heterocycles. The van der Waals surface area contributed by atoms with Crippen molar-refractivity contribution in [2.45, 2.75) is 27.7 Å². The number of rotatable bonds is 5. The third-order valence-corrected chi connectivity index (χ3v) is 3.69. The van der Waals surface area contributed by atoms with Crippen LogP contribution in [0.5, 0.6) is 0 Å². The van der Waals surface area contributed by atoms with Crippen molar-refractivity contribution in [1.82, 2.24) is 9.88 Å². The highest BCUT2D eigenvalue weighted by Gasteiger charge is 2.13. The number of pyridine rings is 1. The second-order valence-corrected chi connectivity index (χ2v) is 5.35. The quantitative estimate of drug-likeness (QED) is 0.909. The maximum Gasteiger partial charge on any atom is 0.272 e. The van der Waals surface area contributed by atoms with E-state index in [1.54, 1.807) is 17.2 Å². The average molecular weight is 297 g/mol. The molecule has 2 aromatic rings. The van der Waals surface area contributed by atoms with Gasteiger partial charge in [0.25, 0.3) is 5.91 Å². The number of aromatic nitrogens is 1. The second-order valence-electron chi connectivity index (χ2n) is 5.35. The molecule has 2 rings (SSSR count). The highest BCUT2D eigenvalue weighted by atomic mass is 16.2. The maximum absolute atomic E-state index is 12.2. The summed E-state index contributed by atoms with van der Waals surface area (Å²) in [6.45, 7) is 9.47. The minimum Gasteiger partial charge on any atom is -0.354 e. The average Bonchev–Trinajstić information content (AvgIpc) is 2.52. The lowest BCUT2D eigenvalue weighted by atomic mass is 10.1. The van der Waals surface area contributed by atoms with Gasteiger partial charge in [-0.05, 0) is 51.5 Å². The zero-order valence-electron chi connectivity index (χ0n) is 13.7. The van der Waals surface area contributed by atoms with Gasteiger partial charge in [-0.25, -0.2) is 4.98 Å². The van der Waals surface area contributed by atoms with Gasteiger partial charge in [0, 0.05) is 18.8 Å². The number of nitrogens with one attached hydrogen (secondary N) is 1. The van der Waals surface area contributed by atoms with E-state index in [2.05, 4.69) is 42.3 Å². The molecule has 0 saturated carbocycles. The number of nitrogens with zero attached hydrogens (tertiary/aromatic N) is 2. The maximum atomic E-state index is 12.2. The number of hydrogen-bond acceptors (Lipinski definition) is 3. The van der Waals surface area contributed by atoms with E-state index in [-0.39, 0.29) is 5.91 Å². The van der Waals surface area contributed by atoms with Gasteiger partial charge in [0.05, 0.1) is 11.9 Å². The fraction of sp³-hybridized carbons (Fsp3) is 0.333. The first kappa shape index (κ1) is 16.0. The van der Waals surface area contributed by atoms with Crippen LogP contribution >= 0.6 is 0 Å². The number of aryl methyl sites for hydroxylation is 2. The van der Waals surface area contributed by atoms with Gasteiger partial charge in [-0.3, -0.25) is 4.79 Å². The summed E-state index contributed by atoms with van der Waals surface area (Å²) in [6.07, 6.45) is 1.70. The summed E-state index contributed by atoms with van der Waals surface area (Å²) in [5.41, 5.74) is 4.83. The van der Waals surface area contributed by atoms with Gasteiger partial charge < -0.3 is 10.2 Å². The van der Waals surface area contributed by atoms with E-state index in [9.17, 15) is 4.79 Å². The van der Waals surface area contributed by atoms with E-state index in [1.807, 2.05) is 19.9 Å². The summed E-state index contributed by atoms with van der Waals surface area (Å²) in [7, 11) is 0. The molecule has 0 aliphatic heterocycles. The van der Waals surface area contributed by atoms with Crippen LogP contribution in [0, 0.1) is 13.8 Å². The predicted octanol–water partition coefficient (Wildman–Crippen LogP) is 3.92. The molecular formula is C18H23N3O. The van der Waals surface area contributed by atoms with Crippen LogP contribution < -0.4 is 5.32 Å². The molecular weight excluding hydrogens is 274 g/mol. The standard InChI is InChI=1S/C18H23N3O/c1-5-21(6-2)18(22)17-10-8-15(12-19-17)20-16-9-7-13(3)11-14(16)4/h7-12,20H,5-6H2,1-4H3. The fourth-order valence-corrected chi connectivity index (χ4v) is 2.38. The molecule has 0 aliphatic rings. The normalized spacial score (nSPS) is 10.4. The van der Waals surface area contributed by atoms with Crippen molar-refractivity contribution >= 4 is 17.3 Å². The van der Waals surface area contributed by atoms with Crippen LogP contribution in [0.1, 0.15) is 35.5 Å². The molecule has 0 saturated heterocycles. The van der Waals surface area contributed by atoms with Crippen molar-refractivity contribution in [2.75, 3.05) is 18.4 Å². The lowest BCUT2D eigenvalue weighted by Gasteiger charge is -2.18. The molecule has 0 fully saturated rings. The van der Waals surface area contributed by atoms with E-state index in [4.69, 9.17) is 0 Å². The summed E-state index contributed by atoms with van der Waals surface area (Å²) in [5.74, 6) is -0.0249. The van der Waals surface area contributed by atoms with Gasteiger partial charge in [0.15, 0.2) is 0 Å². The Morgan fingerprint density at radius 2 is 1.86 bits per heavy atom. The van der Waals surface area contributed by atoms with Crippen LogP contribution in [0.3, 0.4) is 0 Å². The van der Waals surface area contributed by atoms with Gasteiger partial charge in [-0.2, -0.15) is 0 Å². The number of hydrogen-bond donors (Lipinski definition) is 1. The molecule has 0 radical (unpaired) electrons. The molecule has 0 atom stereocenters. The summed E-state index contributed by atoms with van der Waals surface area (Å²) >= 11 is 0. The van der Waals surface area contributed by atoms with Crippen LogP contribution in [-0.2, 0) is 0 Å². The highest BCUT2D eigenvalue weighted by Crippen LogP contribution is 2.21. The number of carbonyl (C=O) groups is 1. The Bertz CT molecular complexity index is 646. The van der Waals surface area contributed by atoms with Crippen LogP contribution in [0.2, 0.25) is 0 Å². The SMILES string of the molecule is CCN(CC)C(=O)c1ccc(Nc2ccc(C)cc2C)cn1. The Hall–Kier alpha value is -2.36. The topological polar surface area (TPSA) is 45.2 Å². The Kier molecular flexibility index (Phi) is 5.15. The highest BCUT2D eigenvalue weighted by molar-refractivity contribution is 5.92. The fourth-order valence-electron chi connectivity index (χ4n) is 2.38. The smallest absolute Gasteiger partial charge is 0.272 e. The number of anilines is 2. The number of amides is 1. The minimum atomic E-state index is -0.0249. The Balaban J connectivity index is 2.13. The summed E-state index contributed by atoms with van der Waals surface area (Å²) < 4.78 is 0. The molecule has 1 aromatic heterocycles. The van der Waals surface area contributed by atoms with E-state index in [1.165, 1.54) is 11.1 Å². The van der Waals surface area contributed by atoms with Crippen molar-refractivity contribution in [3.05, 3.63) is 53.3 Å². The zero-order chi connectivity index (χ0) is 16.1. The molecule has 4 heteroatoms. The van der Waals surface area contributed by atoms with E-state index >= 15 is 0 Å². The van der Waals surface area contributed by atoms with Crippen molar-refractivity contribution in [3.63, 3.8) is 0 Å². The molecule has 0 unspecified atom stereocenters. The molecule has 1 N–H and O–H groups in total. The van der Waals surface area contributed by atoms with Crippen molar-refractivity contribution in [1.29, 1.82) is 0 Å². The molecule has 4 nitrogen and oxygen atoms in total. The van der Waals surface area contributed by atoms with Gasteiger partial charge in [-0.15, -0.1) is 0 Å². The first-order chi connectivity index (χ1) is 10.5. The first-order valence-electron chi connectivity index (χ1n) is 7.64. The Labute approximate surface area is 132 Å². The van der Waals surface area contributed by atoms with E-state index < -0.39 is 0 Å². The van der Waals surface area contributed by atoms with Gasteiger partial charge in [0.1, 0.15) is 5.69 Å². The summed E-state index contributed by atoms with van der Waals surface area (Å²) in [6, 6.07) is 9.92. The Morgan fingerprint density at radius 3 is 2.41 bits per heavy atom. The second kappa shape index (κ2) is 7.07. The van der Waals surface area contributed by atoms with Gasteiger partial charge >= 0.3 is 0 Å².